The summed E-state index contributed by atoms with van der Waals surface area (Å²) in [5.74, 6) is 0.714. The van der Waals surface area contributed by atoms with Gasteiger partial charge in [-0.05, 0) is 49.5 Å². The predicted octanol–water partition coefficient (Wildman–Crippen LogP) is 2.71. The number of aromatic nitrogens is 5. The Balaban J connectivity index is 1.42. The van der Waals surface area contributed by atoms with Gasteiger partial charge < -0.3 is 9.42 Å². The molecule has 0 N–H and O–H groups in total. The third kappa shape index (κ3) is 3.27. The highest BCUT2D eigenvalue weighted by Crippen LogP contribution is 2.36. The van der Waals surface area contributed by atoms with Crippen LogP contribution in [0.15, 0.2) is 33.6 Å². The second kappa shape index (κ2) is 7.45. The summed E-state index contributed by atoms with van der Waals surface area (Å²) in [4.78, 5) is 28.2. The Morgan fingerprint density at radius 1 is 1.19 bits per heavy atom. The average molecular weight is 439 g/mol. The summed E-state index contributed by atoms with van der Waals surface area (Å²) in [6.07, 6.45) is 1.82. The van der Waals surface area contributed by atoms with Gasteiger partial charge in [0.05, 0.1) is 22.4 Å². The maximum absolute atomic E-state index is 13.3. The van der Waals surface area contributed by atoms with Crippen LogP contribution in [0.1, 0.15) is 40.5 Å². The number of carbonyl (C=O) groups excluding carboxylic acids is 1. The van der Waals surface area contributed by atoms with E-state index in [2.05, 4.69) is 14.7 Å². The van der Waals surface area contributed by atoms with Crippen molar-refractivity contribution in [1.29, 1.82) is 0 Å². The molecule has 9 nitrogen and oxygen atoms in total. The third-order valence-electron chi connectivity index (χ3n) is 5.98. The van der Waals surface area contributed by atoms with Crippen molar-refractivity contribution < 1.29 is 9.32 Å². The average Bonchev–Trinajstić information content (AvgIpc) is 3.49. The number of aryl methyl sites for hydroxylation is 3. The molecule has 0 bridgehead atoms. The lowest BCUT2D eigenvalue weighted by molar-refractivity contribution is 0.0706. The van der Waals surface area contributed by atoms with Crippen molar-refractivity contribution in [2.24, 2.45) is 14.1 Å². The van der Waals surface area contributed by atoms with E-state index in [1.807, 2.05) is 24.0 Å². The molecule has 0 saturated carbocycles. The van der Waals surface area contributed by atoms with Crippen LogP contribution in [0.5, 0.6) is 0 Å². The Bertz CT molecular complexity index is 1350. The number of hydrogen-bond acceptors (Lipinski definition) is 7. The molecule has 4 heterocycles. The molecule has 1 fully saturated rings. The molecule has 1 saturated heterocycles. The molecule has 0 aliphatic carbocycles. The summed E-state index contributed by atoms with van der Waals surface area (Å²) in [5, 5.41) is 8.33. The van der Waals surface area contributed by atoms with Gasteiger partial charge in [0.15, 0.2) is 5.76 Å². The zero-order chi connectivity index (χ0) is 21.7. The van der Waals surface area contributed by atoms with E-state index in [-0.39, 0.29) is 17.5 Å². The van der Waals surface area contributed by atoms with Crippen molar-refractivity contribution in [2.75, 3.05) is 13.1 Å². The van der Waals surface area contributed by atoms with Crippen molar-refractivity contribution in [3.05, 3.63) is 51.7 Å². The van der Waals surface area contributed by atoms with Gasteiger partial charge in [0.25, 0.3) is 5.91 Å². The van der Waals surface area contributed by atoms with Crippen LogP contribution in [-0.2, 0) is 14.1 Å². The second-order valence-corrected chi connectivity index (χ2v) is 8.77. The lowest BCUT2D eigenvalue weighted by Crippen LogP contribution is -2.39. The van der Waals surface area contributed by atoms with Crippen LogP contribution in [0.4, 0.5) is 0 Å². The third-order valence-corrected chi connectivity index (χ3v) is 6.74. The van der Waals surface area contributed by atoms with Gasteiger partial charge in [0, 0.05) is 44.7 Å². The van der Waals surface area contributed by atoms with E-state index in [1.165, 1.54) is 11.5 Å². The SMILES string of the molecule is Cc1cc(-c2snnc2[C@H]2CCCN(C(=O)c3ccc4c(c3)n(C)c(=O)n4C)C2)on1. The summed E-state index contributed by atoms with van der Waals surface area (Å²) in [7, 11) is 3.45. The van der Waals surface area contributed by atoms with Crippen LogP contribution in [-0.4, -0.2) is 47.8 Å². The minimum absolute atomic E-state index is 0.0387. The van der Waals surface area contributed by atoms with E-state index in [9.17, 15) is 9.59 Å². The van der Waals surface area contributed by atoms with Gasteiger partial charge in [-0.1, -0.05) is 9.64 Å². The van der Waals surface area contributed by atoms with E-state index in [1.54, 1.807) is 35.4 Å². The Kier molecular flexibility index (Phi) is 4.73. The van der Waals surface area contributed by atoms with Crippen LogP contribution >= 0.6 is 11.5 Å². The highest BCUT2D eigenvalue weighted by atomic mass is 32.1. The number of nitrogens with zero attached hydrogens (tertiary/aromatic N) is 6. The minimum Gasteiger partial charge on any atom is -0.355 e. The molecule has 1 aromatic carbocycles. The largest absolute Gasteiger partial charge is 0.355 e. The molecule has 1 amide bonds. The van der Waals surface area contributed by atoms with Crippen molar-refractivity contribution in [2.45, 2.75) is 25.7 Å². The first-order chi connectivity index (χ1) is 14.9. The number of carbonyl (C=O) groups is 1. The Hall–Kier alpha value is -3.27. The van der Waals surface area contributed by atoms with E-state index in [4.69, 9.17) is 4.52 Å². The summed E-state index contributed by atoms with van der Waals surface area (Å²) in [6.45, 7) is 3.13. The fourth-order valence-corrected chi connectivity index (χ4v) is 5.01. The van der Waals surface area contributed by atoms with Gasteiger partial charge in [-0.25, -0.2) is 4.79 Å². The summed E-state index contributed by atoms with van der Waals surface area (Å²) >= 11 is 1.29. The van der Waals surface area contributed by atoms with Crippen molar-refractivity contribution in [3.8, 4) is 10.6 Å². The number of fused-ring (bicyclic) bond motifs is 1. The molecule has 10 heteroatoms. The molecule has 1 aliphatic rings. The second-order valence-electron chi connectivity index (χ2n) is 8.01. The number of imidazole rings is 1. The summed E-state index contributed by atoms with van der Waals surface area (Å²) < 4.78 is 12.7. The van der Waals surface area contributed by atoms with Crippen molar-refractivity contribution in [1.82, 2.24) is 28.8 Å². The van der Waals surface area contributed by atoms with Crippen LogP contribution in [0, 0.1) is 6.92 Å². The molecule has 5 rings (SSSR count). The molecule has 1 aliphatic heterocycles. The van der Waals surface area contributed by atoms with Crippen LogP contribution < -0.4 is 5.69 Å². The molecular formula is C21H22N6O3S. The molecule has 0 spiro atoms. The number of likely N-dealkylation sites (tertiary alicyclic amines) is 1. The van der Waals surface area contributed by atoms with Gasteiger partial charge in [-0.2, -0.15) is 0 Å². The summed E-state index contributed by atoms with van der Waals surface area (Å²) in [6, 6.07) is 7.31. The number of hydrogen-bond donors (Lipinski definition) is 0. The zero-order valence-corrected chi connectivity index (χ0v) is 18.3. The highest BCUT2D eigenvalue weighted by molar-refractivity contribution is 7.09. The fraction of sp³-hybridized carbons (Fsp3) is 0.381. The smallest absolute Gasteiger partial charge is 0.328 e. The Morgan fingerprint density at radius 3 is 2.77 bits per heavy atom. The number of amides is 1. The standard InChI is InChI=1S/C21H22N6O3S/c1-12-9-17(30-23-12)19-18(22-24-31-19)14-5-4-8-27(11-14)20(28)13-6-7-15-16(10-13)26(3)21(29)25(15)2/h6-7,9-10,14H,4-5,8,11H2,1-3H3/t14-/m0/s1. The van der Waals surface area contributed by atoms with E-state index >= 15 is 0 Å². The monoisotopic (exact) mass is 438 g/mol. The van der Waals surface area contributed by atoms with Gasteiger partial charge in [0.1, 0.15) is 4.88 Å². The molecule has 4 aromatic rings. The number of benzene rings is 1. The number of rotatable bonds is 3. The zero-order valence-electron chi connectivity index (χ0n) is 17.5. The summed E-state index contributed by atoms with van der Waals surface area (Å²) in [5.41, 5.74) is 3.69. The van der Waals surface area contributed by atoms with Gasteiger partial charge in [-0.3, -0.25) is 13.9 Å². The molecule has 0 unspecified atom stereocenters. The predicted molar refractivity (Wildman–Crippen MR) is 116 cm³/mol. The molecule has 3 aromatic heterocycles. The van der Waals surface area contributed by atoms with Crippen molar-refractivity contribution in [3.63, 3.8) is 0 Å². The van der Waals surface area contributed by atoms with Gasteiger partial charge in [0.2, 0.25) is 0 Å². The maximum Gasteiger partial charge on any atom is 0.328 e. The topological polar surface area (TPSA) is 99.1 Å². The number of piperidine rings is 1. The first-order valence-electron chi connectivity index (χ1n) is 10.1. The normalized spacial score (nSPS) is 16.9. The molecule has 31 heavy (non-hydrogen) atoms. The van der Waals surface area contributed by atoms with Gasteiger partial charge >= 0.3 is 5.69 Å². The van der Waals surface area contributed by atoms with E-state index < -0.39 is 0 Å². The van der Waals surface area contributed by atoms with Crippen LogP contribution in [0.2, 0.25) is 0 Å². The maximum atomic E-state index is 13.3. The fourth-order valence-electron chi connectivity index (χ4n) is 4.31. The van der Waals surface area contributed by atoms with Crippen LogP contribution in [0.3, 0.4) is 0 Å². The van der Waals surface area contributed by atoms with Crippen LogP contribution in [0.25, 0.3) is 21.7 Å². The molecular weight excluding hydrogens is 416 g/mol. The lowest BCUT2D eigenvalue weighted by atomic mass is 9.93. The van der Waals surface area contributed by atoms with E-state index in [0.717, 1.165) is 40.1 Å². The van der Waals surface area contributed by atoms with Crippen molar-refractivity contribution >= 4 is 28.5 Å². The van der Waals surface area contributed by atoms with E-state index in [0.29, 0.717) is 24.4 Å². The molecule has 1 atom stereocenters. The molecule has 0 radical (unpaired) electrons. The van der Waals surface area contributed by atoms with Gasteiger partial charge in [-0.15, -0.1) is 5.10 Å². The minimum atomic E-state index is -0.108. The highest BCUT2D eigenvalue weighted by Gasteiger charge is 2.30. The first-order valence-corrected chi connectivity index (χ1v) is 10.9. The molecule has 160 valence electrons. The Labute approximate surface area is 182 Å². The Morgan fingerprint density at radius 2 is 2.00 bits per heavy atom. The first kappa shape index (κ1) is 19.7. The quantitative estimate of drug-likeness (QED) is 0.488. The lowest BCUT2D eigenvalue weighted by Gasteiger charge is -2.32.